The second kappa shape index (κ2) is 8.69. The molecule has 0 spiro atoms. The molecule has 146 valence electrons. The van der Waals surface area contributed by atoms with Crippen LogP contribution in [0, 0.1) is 6.92 Å². The summed E-state index contributed by atoms with van der Waals surface area (Å²) in [7, 11) is 0. The number of aryl methyl sites for hydroxylation is 2. The van der Waals surface area contributed by atoms with Gasteiger partial charge in [0.05, 0.1) is 17.5 Å². The van der Waals surface area contributed by atoms with Crippen LogP contribution in [0.1, 0.15) is 70.6 Å². The van der Waals surface area contributed by atoms with E-state index in [2.05, 4.69) is 12.0 Å². The third-order valence-electron chi connectivity index (χ3n) is 4.96. The molecule has 0 radical (unpaired) electrons. The standard InChI is InChI=1S/C20H27N3O3S/c1-4-6-16-13-17(20(25)26-5-2)21-23(16)15-7-10-22(11-8-15)19(24)18-14(3)9-12-27-18/h9,12-13,15H,4-8,10-11H2,1-3H3. The second-order valence-corrected chi connectivity index (χ2v) is 7.81. The monoisotopic (exact) mass is 389 g/mol. The van der Waals surface area contributed by atoms with Gasteiger partial charge in [-0.2, -0.15) is 5.10 Å². The Morgan fingerprint density at radius 3 is 2.63 bits per heavy atom. The van der Waals surface area contributed by atoms with Crippen LogP contribution in [0.15, 0.2) is 17.5 Å². The number of ether oxygens (including phenoxy) is 1. The van der Waals surface area contributed by atoms with Crippen molar-refractivity contribution in [1.82, 2.24) is 14.7 Å². The number of carbonyl (C=O) groups excluding carboxylic acids is 2. The minimum Gasteiger partial charge on any atom is -0.461 e. The lowest BCUT2D eigenvalue weighted by atomic mass is 10.0. The molecule has 0 atom stereocenters. The fourth-order valence-electron chi connectivity index (χ4n) is 3.55. The second-order valence-electron chi connectivity index (χ2n) is 6.89. The molecule has 0 unspecified atom stereocenters. The summed E-state index contributed by atoms with van der Waals surface area (Å²) in [6, 6.07) is 4.05. The Bertz CT molecular complexity index is 803. The smallest absolute Gasteiger partial charge is 0.358 e. The third kappa shape index (κ3) is 4.24. The lowest BCUT2D eigenvalue weighted by molar-refractivity contribution is 0.0517. The molecule has 1 amide bonds. The van der Waals surface area contributed by atoms with Crippen molar-refractivity contribution >= 4 is 23.2 Å². The van der Waals surface area contributed by atoms with E-state index in [1.54, 1.807) is 6.92 Å². The Balaban J connectivity index is 1.70. The van der Waals surface area contributed by atoms with Crippen molar-refractivity contribution in [3.05, 3.63) is 39.3 Å². The van der Waals surface area contributed by atoms with Gasteiger partial charge >= 0.3 is 5.97 Å². The minimum atomic E-state index is -0.366. The molecule has 0 saturated carbocycles. The van der Waals surface area contributed by atoms with Crippen molar-refractivity contribution in [2.75, 3.05) is 19.7 Å². The highest BCUT2D eigenvalue weighted by molar-refractivity contribution is 7.12. The predicted molar refractivity (Wildman–Crippen MR) is 105 cm³/mol. The van der Waals surface area contributed by atoms with Crippen molar-refractivity contribution in [2.24, 2.45) is 0 Å². The number of piperidine rings is 1. The van der Waals surface area contributed by atoms with E-state index in [9.17, 15) is 9.59 Å². The number of esters is 1. The molecular formula is C20H27N3O3S. The SMILES string of the molecule is CCCc1cc(C(=O)OCC)nn1C1CCN(C(=O)c2sccc2C)CC1. The quantitative estimate of drug-likeness (QED) is 0.704. The summed E-state index contributed by atoms with van der Waals surface area (Å²) in [5.74, 6) is -0.239. The van der Waals surface area contributed by atoms with E-state index in [1.165, 1.54) is 11.3 Å². The van der Waals surface area contributed by atoms with Gasteiger partial charge in [0, 0.05) is 18.8 Å². The summed E-state index contributed by atoms with van der Waals surface area (Å²) < 4.78 is 7.09. The van der Waals surface area contributed by atoms with Crippen LogP contribution in [0.4, 0.5) is 0 Å². The molecule has 0 aromatic carbocycles. The maximum absolute atomic E-state index is 12.7. The Kier molecular flexibility index (Phi) is 6.31. The molecular weight excluding hydrogens is 362 g/mol. The van der Waals surface area contributed by atoms with Gasteiger partial charge in [-0.05, 0) is 56.2 Å². The summed E-state index contributed by atoms with van der Waals surface area (Å²) in [6.45, 7) is 7.66. The molecule has 6 nitrogen and oxygen atoms in total. The summed E-state index contributed by atoms with van der Waals surface area (Å²) >= 11 is 1.51. The van der Waals surface area contributed by atoms with Crippen LogP contribution >= 0.6 is 11.3 Å². The highest BCUT2D eigenvalue weighted by Gasteiger charge is 2.28. The van der Waals surface area contributed by atoms with Gasteiger partial charge in [-0.3, -0.25) is 9.48 Å². The van der Waals surface area contributed by atoms with Gasteiger partial charge in [0.25, 0.3) is 5.91 Å². The topological polar surface area (TPSA) is 64.4 Å². The normalized spacial score (nSPS) is 15.1. The van der Waals surface area contributed by atoms with E-state index in [0.717, 1.165) is 41.8 Å². The van der Waals surface area contributed by atoms with Gasteiger partial charge in [0.1, 0.15) is 0 Å². The number of hydrogen-bond acceptors (Lipinski definition) is 5. The summed E-state index contributed by atoms with van der Waals surface area (Å²) in [5, 5.41) is 6.51. The average Bonchev–Trinajstić information content (AvgIpc) is 3.28. The summed E-state index contributed by atoms with van der Waals surface area (Å²) in [6.07, 6.45) is 3.55. The van der Waals surface area contributed by atoms with Crippen molar-refractivity contribution < 1.29 is 14.3 Å². The lowest BCUT2D eigenvalue weighted by Crippen LogP contribution is -2.39. The first kappa shape index (κ1) is 19.6. The fraction of sp³-hybridized carbons (Fsp3) is 0.550. The van der Waals surface area contributed by atoms with Crippen molar-refractivity contribution in [3.8, 4) is 0 Å². The molecule has 2 aromatic rings. The molecule has 0 aliphatic carbocycles. The van der Waals surface area contributed by atoms with Gasteiger partial charge in [0.15, 0.2) is 5.69 Å². The maximum atomic E-state index is 12.7. The van der Waals surface area contributed by atoms with Crippen LogP contribution in [0.3, 0.4) is 0 Å². The molecule has 0 bridgehead atoms. The number of hydrogen-bond donors (Lipinski definition) is 0. The van der Waals surface area contributed by atoms with Crippen LogP contribution in [0.2, 0.25) is 0 Å². The Labute approximate surface area is 164 Å². The first-order valence-electron chi connectivity index (χ1n) is 9.64. The number of carbonyl (C=O) groups is 2. The fourth-order valence-corrected chi connectivity index (χ4v) is 4.44. The van der Waals surface area contributed by atoms with Gasteiger partial charge in [-0.15, -0.1) is 11.3 Å². The molecule has 1 aliphatic heterocycles. The molecule has 7 heteroatoms. The molecule has 1 fully saturated rings. The van der Waals surface area contributed by atoms with Gasteiger partial charge < -0.3 is 9.64 Å². The lowest BCUT2D eigenvalue weighted by Gasteiger charge is -2.32. The average molecular weight is 390 g/mol. The number of thiophene rings is 1. The van der Waals surface area contributed by atoms with Crippen LogP contribution in [-0.2, 0) is 11.2 Å². The van der Waals surface area contributed by atoms with E-state index in [0.29, 0.717) is 25.4 Å². The van der Waals surface area contributed by atoms with E-state index in [-0.39, 0.29) is 17.9 Å². The zero-order valence-electron chi connectivity index (χ0n) is 16.2. The minimum absolute atomic E-state index is 0.127. The van der Waals surface area contributed by atoms with Crippen LogP contribution in [0.5, 0.6) is 0 Å². The Hall–Kier alpha value is -2.15. The number of aromatic nitrogens is 2. The molecule has 27 heavy (non-hydrogen) atoms. The Morgan fingerprint density at radius 2 is 2.04 bits per heavy atom. The molecule has 0 N–H and O–H groups in total. The van der Waals surface area contributed by atoms with Crippen LogP contribution in [0.25, 0.3) is 0 Å². The van der Waals surface area contributed by atoms with E-state index < -0.39 is 0 Å². The zero-order valence-corrected chi connectivity index (χ0v) is 17.1. The molecule has 2 aromatic heterocycles. The van der Waals surface area contributed by atoms with E-state index >= 15 is 0 Å². The van der Waals surface area contributed by atoms with Crippen LogP contribution in [-0.4, -0.2) is 46.3 Å². The predicted octanol–water partition coefficient (Wildman–Crippen LogP) is 3.86. The van der Waals surface area contributed by atoms with Crippen molar-refractivity contribution in [2.45, 2.75) is 52.5 Å². The zero-order chi connectivity index (χ0) is 19.4. The third-order valence-corrected chi connectivity index (χ3v) is 5.96. The number of rotatable bonds is 6. The molecule has 1 aliphatic rings. The first-order valence-corrected chi connectivity index (χ1v) is 10.5. The number of nitrogens with zero attached hydrogens (tertiary/aromatic N) is 3. The highest BCUT2D eigenvalue weighted by Crippen LogP contribution is 2.27. The van der Waals surface area contributed by atoms with Crippen molar-refractivity contribution in [3.63, 3.8) is 0 Å². The van der Waals surface area contributed by atoms with Gasteiger partial charge in [-0.1, -0.05) is 13.3 Å². The molecule has 3 rings (SSSR count). The highest BCUT2D eigenvalue weighted by atomic mass is 32.1. The molecule has 3 heterocycles. The van der Waals surface area contributed by atoms with Crippen molar-refractivity contribution in [1.29, 1.82) is 0 Å². The summed E-state index contributed by atoms with van der Waals surface area (Å²) in [5.41, 5.74) is 2.50. The van der Waals surface area contributed by atoms with E-state index in [1.807, 2.05) is 34.0 Å². The largest absolute Gasteiger partial charge is 0.461 e. The van der Waals surface area contributed by atoms with E-state index in [4.69, 9.17) is 4.74 Å². The maximum Gasteiger partial charge on any atom is 0.358 e. The Morgan fingerprint density at radius 1 is 1.30 bits per heavy atom. The van der Waals surface area contributed by atoms with Gasteiger partial charge in [0.2, 0.25) is 0 Å². The first-order chi connectivity index (χ1) is 13.0. The molecule has 1 saturated heterocycles. The van der Waals surface area contributed by atoms with Crippen LogP contribution < -0.4 is 0 Å². The summed E-state index contributed by atoms with van der Waals surface area (Å²) in [4.78, 5) is 27.5. The number of amides is 1. The number of likely N-dealkylation sites (tertiary alicyclic amines) is 1. The van der Waals surface area contributed by atoms with Gasteiger partial charge in [-0.25, -0.2) is 4.79 Å².